The molecule has 0 aliphatic heterocycles. The topological polar surface area (TPSA) is 106 Å². The zero-order valence-corrected chi connectivity index (χ0v) is 7.72. The zero-order valence-electron chi connectivity index (χ0n) is 6.90. The summed E-state index contributed by atoms with van der Waals surface area (Å²) in [5, 5.41) is 6.94. The number of nitrogen functional groups attached to an aromatic ring is 2. The molecule has 0 atom stereocenters. The van der Waals surface area contributed by atoms with Crippen LogP contribution in [-0.2, 0) is 0 Å². The van der Waals surface area contributed by atoms with Gasteiger partial charge >= 0.3 is 0 Å². The Morgan fingerprint density at radius 3 is 2.54 bits per heavy atom. The highest BCUT2D eigenvalue weighted by Crippen LogP contribution is 2.28. The molecule has 2 heterocycles. The second-order valence-electron chi connectivity index (χ2n) is 2.51. The van der Waals surface area contributed by atoms with Crippen molar-refractivity contribution in [1.82, 2.24) is 20.2 Å². The Hall–Kier alpha value is -1.63. The quantitative estimate of drug-likeness (QED) is 0.612. The number of hydrogen-bond donors (Lipinski definition) is 3. The largest absolute Gasteiger partial charge is 0.375 e. The molecule has 6 nitrogen and oxygen atoms in total. The van der Waals surface area contributed by atoms with Crippen LogP contribution in [0, 0.1) is 6.92 Å². The fraction of sp³-hybridized carbons (Fsp3) is 0.167. The van der Waals surface area contributed by atoms with Gasteiger partial charge in [-0.25, -0.2) is 4.98 Å². The molecule has 0 fully saturated rings. The second-order valence-corrected chi connectivity index (χ2v) is 3.54. The first-order valence-electron chi connectivity index (χ1n) is 3.58. The van der Waals surface area contributed by atoms with E-state index in [1.54, 1.807) is 0 Å². The van der Waals surface area contributed by atoms with E-state index in [1.165, 1.54) is 11.3 Å². The van der Waals surface area contributed by atoms with Crippen molar-refractivity contribution in [1.29, 1.82) is 0 Å². The van der Waals surface area contributed by atoms with Gasteiger partial charge in [-0.1, -0.05) is 11.3 Å². The Balaban J connectivity index is 2.51. The number of aryl methyl sites for hydroxylation is 1. The van der Waals surface area contributed by atoms with E-state index in [1.807, 2.05) is 6.92 Å². The van der Waals surface area contributed by atoms with Crippen molar-refractivity contribution in [3.63, 3.8) is 0 Å². The lowest BCUT2D eigenvalue weighted by Gasteiger charge is -1.88. The van der Waals surface area contributed by atoms with Crippen LogP contribution in [0.15, 0.2) is 0 Å². The van der Waals surface area contributed by atoms with Gasteiger partial charge in [-0.05, 0) is 6.92 Å². The molecule has 2 aromatic rings. The number of nitrogens with one attached hydrogen (secondary N) is 1. The fourth-order valence-electron chi connectivity index (χ4n) is 1.01. The molecule has 0 aliphatic rings. The fourth-order valence-corrected chi connectivity index (χ4v) is 1.79. The predicted molar refractivity (Wildman–Crippen MR) is 51.1 cm³/mol. The molecule has 68 valence electrons. The summed E-state index contributed by atoms with van der Waals surface area (Å²) < 4.78 is 0. The molecule has 0 radical (unpaired) electrons. The van der Waals surface area contributed by atoms with Crippen LogP contribution >= 0.6 is 11.3 Å². The highest BCUT2D eigenvalue weighted by Gasteiger charge is 2.11. The van der Waals surface area contributed by atoms with Gasteiger partial charge in [0.1, 0.15) is 0 Å². The van der Waals surface area contributed by atoms with E-state index < -0.39 is 0 Å². The van der Waals surface area contributed by atoms with E-state index in [-0.39, 0.29) is 5.95 Å². The van der Waals surface area contributed by atoms with Gasteiger partial charge in [0.25, 0.3) is 0 Å². The highest BCUT2D eigenvalue weighted by atomic mass is 32.1. The van der Waals surface area contributed by atoms with Crippen molar-refractivity contribution in [3.8, 4) is 10.7 Å². The number of rotatable bonds is 1. The first-order chi connectivity index (χ1) is 6.16. The van der Waals surface area contributed by atoms with Crippen LogP contribution in [0.5, 0.6) is 0 Å². The molecule has 7 heteroatoms. The summed E-state index contributed by atoms with van der Waals surface area (Å²) in [4.78, 5) is 8.92. The summed E-state index contributed by atoms with van der Waals surface area (Å²) in [7, 11) is 0. The van der Waals surface area contributed by atoms with Crippen LogP contribution < -0.4 is 11.5 Å². The molecular weight excluding hydrogens is 188 g/mol. The highest BCUT2D eigenvalue weighted by molar-refractivity contribution is 7.18. The second kappa shape index (κ2) is 2.70. The molecule has 5 N–H and O–H groups in total. The van der Waals surface area contributed by atoms with E-state index in [4.69, 9.17) is 11.5 Å². The summed E-state index contributed by atoms with van der Waals surface area (Å²) >= 11 is 1.36. The third-order valence-corrected chi connectivity index (χ3v) is 2.52. The minimum absolute atomic E-state index is 0.223. The van der Waals surface area contributed by atoms with Crippen LogP contribution in [0.1, 0.15) is 5.69 Å². The zero-order chi connectivity index (χ0) is 9.42. The molecule has 13 heavy (non-hydrogen) atoms. The van der Waals surface area contributed by atoms with Crippen LogP contribution in [0.25, 0.3) is 10.7 Å². The van der Waals surface area contributed by atoms with Gasteiger partial charge in [-0.3, -0.25) is 5.10 Å². The van der Waals surface area contributed by atoms with Gasteiger partial charge in [0.2, 0.25) is 5.95 Å². The molecule has 0 bridgehead atoms. The van der Waals surface area contributed by atoms with E-state index in [9.17, 15) is 0 Å². The lowest BCUT2D eigenvalue weighted by molar-refractivity contribution is 1.10. The predicted octanol–water partition coefficient (Wildman–Crippen LogP) is 0.401. The lowest BCUT2D eigenvalue weighted by atomic mass is 10.4. The van der Waals surface area contributed by atoms with Crippen molar-refractivity contribution < 1.29 is 0 Å². The van der Waals surface area contributed by atoms with Crippen LogP contribution in [-0.4, -0.2) is 20.2 Å². The third-order valence-electron chi connectivity index (χ3n) is 1.53. The first-order valence-corrected chi connectivity index (χ1v) is 4.39. The summed E-state index contributed by atoms with van der Waals surface area (Å²) in [6.07, 6.45) is 0. The third kappa shape index (κ3) is 1.33. The maximum atomic E-state index is 5.54. The van der Waals surface area contributed by atoms with Gasteiger partial charge < -0.3 is 11.5 Å². The Morgan fingerprint density at radius 2 is 2.08 bits per heavy atom. The number of aromatic amines is 1. The van der Waals surface area contributed by atoms with Crippen LogP contribution in [0.3, 0.4) is 0 Å². The minimum Gasteiger partial charge on any atom is -0.375 e. The van der Waals surface area contributed by atoms with E-state index in [0.717, 1.165) is 10.6 Å². The van der Waals surface area contributed by atoms with Crippen LogP contribution in [0.2, 0.25) is 0 Å². The van der Waals surface area contributed by atoms with Crippen molar-refractivity contribution in [3.05, 3.63) is 5.69 Å². The first kappa shape index (κ1) is 7.99. The number of thiazole rings is 1. The average Bonchev–Trinajstić information content (AvgIpc) is 2.58. The Morgan fingerprint density at radius 1 is 1.31 bits per heavy atom. The number of H-pyrrole nitrogens is 1. The molecule has 0 spiro atoms. The van der Waals surface area contributed by atoms with Crippen molar-refractivity contribution in [2.24, 2.45) is 0 Å². The van der Waals surface area contributed by atoms with Gasteiger partial charge in [0, 0.05) is 0 Å². The van der Waals surface area contributed by atoms with Gasteiger partial charge in [-0.15, -0.1) is 5.10 Å². The van der Waals surface area contributed by atoms with Crippen molar-refractivity contribution in [2.45, 2.75) is 6.92 Å². The summed E-state index contributed by atoms with van der Waals surface area (Å²) in [5.74, 6) is 0.838. The molecule has 0 amide bonds. The standard InChI is InChI=1S/C6H8N6S/c1-2-3(13-6(8)9-2)4-10-5(7)12-11-4/h1H3,(H2,8,9)(H3,7,10,11,12). The average molecular weight is 196 g/mol. The monoisotopic (exact) mass is 196 g/mol. The van der Waals surface area contributed by atoms with Gasteiger partial charge in [0.05, 0.1) is 10.6 Å². The van der Waals surface area contributed by atoms with Gasteiger partial charge in [-0.2, -0.15) is 4.98 Å². The summed E-state index contributed by atoms with van der Waals surface area (Å²) in [6.45, 7) is 1.86. The maximum Gasteiger partial charge on any atom is 0.239 e. The van der Waals surface area contributed by atoms with E-state index in [2.05, 4.69) is 20.2 Å². The lowest BCUT2D eigenvalue weighted by Crippen LogP contribution is -1.85. The molecular formula is C6H8N6S. The molecule has 2 aromatic heterocycles. The molecule has 0 saturated carbocycles. The normalized spacial score (nSPS) is 10.5. The Kier molecular flexibility index (Phi) is 1.66. The number of aromatic nitrogens is 4. The number of nitrogens with two attached hydrogens (primary N) is 2. The molecule has 0 aromatic carbocycles. The Labute approximate surface area is 78.0 Å². The minimum atomic E-state index is 0.223. The van der Waals surface area contributed by atoms with Crippen molar-refractivity contribution >= 4 is 22.4 Å². The van der Waals surface area contributed by atoms with E-state index in [0.29, 0.717) is 11.0 Å². The van der Waals surface area contributed by atoms with E-state index >= 15 is 0 Å². The Bertz CT molecular complexity index is 430. The maximum absolute atomic E-state index is 5.54. The van der Waals surface area contributed by atoms with Gasteiger partial charge in [0.15, 0.2) is 11.0 Å². The number of nitrogens with zero attached hydrogens (tertiary/aromatic N) is 3. The molecule has 0 unspecified atom stereocenters. The number of hydrogen-bond acceptors (Lipinski definition) is 6. The SMILES string of the molecule is Cc1nc(N)sc1-c1nc(N)n[nH]1. The molecule has 0 aliphatic carbocycles. The smallest absolute Gasteiger partial charge is 0.239 e. The van der Waals surface area contributed by atoms with Crippen molar-refractivity contribution in [2.75, 3.05) is 11.5 Å². The molecule has 2 rings (SSSR count). The number of anilines is 2. The van der Waals surface area contributed by atoms with Crippen LogP contribution in [0.4, 0.5) is 11.1 Å². The molecule has 0 saturated heterocycles. The summed E-state index contributed by atoms with van der Waals surface area (Å²) in [6, 6.07) is 0. The summed E-state index contributed by atoms with van der Waals surface area (Å²) in [5.41, 5.74) is 11.7.